The van der Waals surface area contributed by atoms with Gasteiger partial charge in [-0.2, -0.15) is 0 Å². The SMILES string of the molecule is Cc1[nH]c(C(=O)CN)c(C)c1C(=O)c1cccc(Br)c1. The van der Waals surface area contributed by atoms with Gasteiger partial charge >= 0.3 is 0 Å². The minimum absolute atomic E-state index is 0.0781. The highest BCUT2D eigenvalue weighted by molar-refractivity contribution is 9.10. The van der Waals surface area contributed by atoms with Crippen molar-refractivity contribution in [2.24, 2.45) is 5.73 Å². The largest absolute Gasteiger partial charge is 0.355 e. The first-order valence-corrected chi connectivity index (χ1v) is 6.97. The number of rotatable bonds is 4. The minimum atomic E-state index is -0.195. The fourth-order valence-electron chi connectivity index (χ4n) is 2.25. The van der Waals surface area contributed by atoms with Gasteiger partial charge in [-0.1, -0.05) is 28.1 Å². The minimum Gasteiger partial charge on any atom is -0.355 e. The number of hydrogen-bond donors (Lipinski definition) is 2. The van der Waals surface area contributed by atoms with Crippen molar-refractivity contribution in [1.82, 2.24) is 4.98 Å². The quantitative estimate of drug-likeness (QED) is 0.844. The summed E-state index contributed by atoms with van der Waals surface area (Å²) in [6, 6.07) is 7.18. The van der Waals surface area contributed by atoms with Crippen molar-refractivity contribution in [3.8, 4) is 0 Å². The van der Waals surface area contributed by atoms with Gasteiger partial charge in [0.15, 0.2) is 11.6 Å². The van der Waals surface area contributed by atoms with Gasteiger partial charge in [0.2, 0.25) is 0 Å². The third-order valence-electron chi connectivity index (χ3n) is 3.22. The van der Waals surface area contributed by atoms with Gasteiger partial charge in [-0.15, -0.1) is 0 Å². The number of aromatic amines is 1. The van der Waals surface area contributed by atoms with E-state index in [4.69, 9.17) is 5.73 Å². The second-order valence-electron chi connectivity index (χ2n) is 4.59. The summed E-state index contributed by atoms with van der Waals surface area (Å²) in [7, 11) is 0. The van der Waals surface area contributed by atoms with E-state index in [-0.39, 0.29) is 18.1 Å². The van der Waals surface area contributed by atoms with Crippen molar-refractivity contribution in [3.05, 3.63) is 56.8 Å². The molecule has 0 saturated carbocycles. The third-order valence-corrected chi connectivity index (χ3v) is 3.71. The average molecular weight is 335 g/mol. The maximum absolute atomic E-state index is 12.6. The smallest absolute Gasteiger partial charge is 0.195 e. The van der Waals surface area contributed by atoms with Gasteiger partial charge in [-0.05, 0) is 31.5 Å². The van der Waals surface area contributed by atoms with Gasteiger partial charge in [0, 0.05) is 21.3 Å². The Bertz CT molecular complexity index is 689. The summed E-state index contributed by atoms with van der Waals surface area (Å²) in [6.07, 6.45) is 0. The number of Topliss-reactive ketones (excluding diaryl/α,β-unsaturated/α-hetero) is 1. The molecule has 1 aromatic carbocycles. The molecule has 0 aliphatic rings. The number of aromatic nitrogens is 1. The zero-order valence-electron chi connectivity index (χ0n) is 11.3. The summed E-state index contributed by atoms with van der Waals surface area (Å²) in [6.45, 7) is 3.47. The van der Waals surface area contributed by atoms with E-state index in [1.54, 1.807) is 32.0 Å². The van der Waals surface area contributed by atoms with E-state index >= 15 is 0 Å². The Kier molecular flexibility index (Phi) is 4.20. The highest BCUT2D eigenvalue weighted by Crippen LogP contribution is 2.23. The van der Waals surface area contributed by atoms with Gasteiger partial charge in [-0.25, -0.2) is 0 Å². The van der Waals surface area contributed by atoms with Crippen molar-refractivity contribution in [1.29, 1.82) is 0 Å². The van der Waals surface area contributed by atoms with Gasteiger partial charge in [0.1, 0.15) is 0 Å². The molecule has 0 saturated heterocycles. The van der Waals surface area contributed by atoms with E-state index in [0.717, 1.165) is 4.47 Å². The second-order valence-corrected chi connectivity index (χ2v) is 5.51. The van der Waals surface area contributed by atoms with Gasteiger partial charge in [0.05, 0.1) is 12.2 Å². The monoisotopic (exact) mass is 334 g/mol. The van der Waals surface area contributed by atoms with Crippen LogP contribution in [0.4, 0.5) is 0 Å². The molecule has 2 rings (SSSR count). The van der Waals surface area contributed by atoms with Crippen molar-refractivity contribution in [2.45, 2.75) is 13.8 Å². The first-order valence-electron chi connectivity index (χ1n) is 6.18. The molecule has 0 atom stereocenters. The molecule has 0 aliphatic heterocycles. The normalized spacial score (nSPS) is 10.6. The number of carbonyl (C=O) groups excluding carboxylic acids is 2. The molecule has 4 nitrogen and oxygen atoms in total. The van der Waals surface area contributed by atoms with Crippen molar-refractivity contribution in [2.75, 3.05) is 6.54 Å². The average Bonchev–Trinajstić information content (AvgIpc) is 2.72. The molecule has 0 spiro atoms. The number of hydrogen-bond acceptors (Lipinski definition) is 3. The number of nitrogens with one attached hydrogen (secondary N) is 1. The van der Waals surface area contributed by atoms with E-state index in [1.807, 2.05) is 6.07 Å². The fraction of sp³-hybridized carbons (Fsp3) is 0.200. The Balaban J connectivity index is 2.51. The third kappa shape index (κ3) is 2.59. The molecule has 1 aromatic heterocycles. The molecular formula is C15H15BrN2O2. The topological polar surface area (TPSA) is 75.9 Å². The van der Waals surface area contributed by atoms with Crippen LogP contribution in [0.15, 0.2) is 28.7 Å². The lowest BCUT2D eigenvalue weighted by Gasteiger charge is -2.03. The number of ketones is 2. The molecule has 5 heteroatoms. The summed E-state index contributed by atoms with van der Waals surface area (Å²) in [4.78, 5) is 27.3. The van der Waals surface area contributed by atoms with Crippen molar-refractivity contribution >= 4 is 27.5 Å². The van der Waals surface area contributed by atoms with E-state index in [0.29, 0.717) is 28.1 Å². The van der Waals surface area contributed by atoms with Crippen molar-refractivity contribution in [3.63, 3.8) is 0 Å². The van der Waals surface area contributed by atoms with E-state index < -0.39 is 0 Å². The molecule has 1 heterocycles. The summed E-state index contributed by atoms with van der Waals surface area (Å²) < 4.78 is 0.840. The lowest BCUT2D eigenvalue weighted by atomic mass is 9.99. The molecule has 3 N–H and O–H groups in total. The highest BCUT2D eigenvalue weighted by Gasteiger charge is 2.22. The van der Waals surface area contributed by atoms with Gasteiger partial charge in [0.25, 0.3) is 0 Å². The van der Waals surface area contributed by atoms with Gasteiger partial charge < -0.3 is 10.7 Å². The van der Waals surface area contributed by atoms with Crippen LogP contribution in [0.5, 0.6) is 0 Å². The Labute approximate surface area is 125 Å². The Hall–Kier alpha value is -1.72. The molecule has 0 amide bonds. The number of halogens is 1. The van der Waals surface area contributed by atoms with Crippen LogP contribution in [0.2, 0.25) is 0 Å². The lowest BCUT2D eigenvalue weighted by molar-refractivity contribution is 0.0996. The zero-order valence-corrected chi connectivity index (χ0v) is 12.9. The van der Waals surface area contributed by atoms with Crippen LogP contribution in [-0.2, 0) is 0 Å². The van der Waals surface area contributed by atoms with Crippen LogP contribution in [0.3, 0.4) is 0 Å². The molecule has 104 valence electrons. The summed E-state index contributed by atoms with van der Waals surface area (Å²) >= 11 is 3.35. The van der Waals surface area contributed by atoms with Crippen LogP contribution in [0.1, 0.15) is 37.7 Å². The lowest BCUT2D eigenvalue weighted by Crippen LogP contribution is -2.15. The molecule has 0 unspecified atom stereocenters. The van der Waals surface area contributed by atoms with Crippen LogP contribution in [0, 0.1) is 13.8 Å². The summed E-state index contributed by atoms with van der Waals surface area (Å²) in [5, 5.41) is 0. The maximum atomic E-state index is 12.6. The molecule has 20 heavy (non-hydrogen) atoms. The molecular weight excluding hydrogens is 320 g/mol. The Morgan fingerprint density at radius 2 is 2.00 bits per heavy atom. The number of H-pyrrole nitrogens is 1. The molecule has 0 aliphatic carbocycles. The molecule has 2 aromatic rings. The predicted octanol–water partition coefficient (Wildman–Crippen LogP) is 2.77. The summed E-state index contributed by atoms with van der Waals surface area (Å²) in [5.41, 5.74) is 8.26. The molecule has 0 bridgehead atoms. The Morgan fingerprint density at radius 1 is 1.30 bits per heavy atom. The van der Waals surface area contributed by atoms with Crippen LogP contribution in [-0.4, -0.2) is 23.1 Å². The summed E-state index contributed by atoms with van der Waals surface area (Å²) in [5.74, 6) is -0.299. The highest BCUT2D eigenvalue weighted by atomic mass is 79.9. The van der Waals surface area contributed by atoms with Crippen LogP contribution in [0.25, 0.3) is 0 Å². The molecule has 0 fully saturated rings. The van der Waals surface area contributed by atoms with E-state index in [9.17, 15) is 9.59 Å². The fourth-order valence-corrected chi connectivity index (χ4v) is 2.64. The van der Waals surface area contributed by atoms with E-state index in [2.05, 4.69) is 20.9 Å². The van der Waals surface area contributed by atoms with Gasteiger partial charge in [-0.3, -0.25) is 9.59 Å². The predicted molar refractivity (Wildman–Crippen MR) is 81.2 cm³/mol. The first-order chi connectivity index (χ1) is 9.45. The van der Waals surface area contributed by atoms with Crippen molar-refractivity contribution < 1.29 is 9.59 Å². The zero-order chi connectivity index (χ0) is 14.9. The second kappa shape index (κ2) is 5.73. The number of benzene rings is 1. The number of aryl methyl sites for hydroxylation is 1. The first kappa shape index (κ1) is 14.7. The number of carbonyl (C=O) groups is 2. The van der Waals surface area contributed by atoms with Crippen LogP contribution < -0.4 is 5.73 Å². The number of nitrogens with two attached hydrogens (primary N) is 1. The van der Waals surface area contributed by atoms with E-state index in [1.165, 1.54) is 0 Å². The molecule has 0 radical (unpaired) electrons. The van der Waals surface area contributed by atoms with Crippen LogP contribution >= 0.6 is 15.9 Å². The standard InChI is InChI=1S/C15H15BrN2O2/c1-8-13(9(2)18-14(8)12(19)7-17)15(20)10-4-3-5-11(16)6-10/h3-6,18H,7,17H2,1-2H3. The maximum Gasteiger partial charge on any atom is 0.195 e. The Morgan fingerprint density at radius 3 is 2.60 bits per heavy atom.